The molecule has 1 aliphatic heterocycles. The van der Waals surface area contributed by atoms with Gasteiger partial charge in [0.1, 0.15) is 0 Å². The molecule has 1 aliphatic rings. The molecule has 0 spiro atoms. The van der Waals surface area contributed by atoms with Crippen molar-refractivity contribution in [1.29, 1.82) is 0 Å². The molecule has 1 saturated heterocycles. The van der Waals surface area contributed by atoms with Crippen molar-refractivity contribution in [2.45, 2.75) is 25.2 Å². The van der Waals surface area contributed by atoms with Crippen molar-refractivity contribution in [2.75, 3.05) is 13.1 Å². The van der Waals surface area contributed by atoms with E-state index in [1.807, 2.05) is 18.2 Å². The second kappa shape index (κ2) is 8.94. The molecule has 31 heavy (non-hydrogen) atoms. The lowest BCUT2D eigenvalue weighted by Crippen LogP contribution is -2.37. The first-order valence-corrected chi connectivity index (χ1v) is 10.2. The maximum absolute atomic E-state index is 13.0. The maximum Gasteiger partial charge on any atom is 0.416 e. The van der Waals surface area contributed by atoms with Crippen LogP contribution in [-0.2, 0) is 12.7 Å². The first kappa shape index (κ1) is 21.1. The third-order valence-electron chi connectivity index (χ3n) is 5.55. The molecule has 0 radical (unpaired) electrons. The number of carbonyl (C=O) groups is 1. The molecule has 1 amide bonds. The first-order valence-electron chi connectivity index (χ1n) is 10.2. The van der Waals surface area contributed by atoms with Gasteiger partial charge in [-0.3, -0.25) is 9.69 Å². The van der Waals surface area contributed by atoms with Crippen LogP contribution in [0.2, 0.25) is 0 Å². The van der Waals surface area contributed by atoms with Gasteiger partial charge in [-0.05, 0) is 41.3 Å². The monoisotopic (exact) mass is 424 g/mol. The molecule has 3 nitrogen and oxygen atoms in total. The summed E-state index contributed by atoms with van der Waals surface area (Å²) in [4.78, 5) is 15.3. The van der Waals surface area contributed by atoms with Gasteiger partial charge in [-0.2, -0.15) is 13.2 Å². The zero-order valence-corrected chi connectivity index (χ0v) is 16.9. The van der Waals surface area contributed by atoms with Crippen LogP contribution in [0.1, 0.15) is 27.9 Å². The molecule has 0 saturated carbocycles. The number of hydrogen-bond acceptors (Lipinski definition) is 2. The van der Waals surface area contributed by atoms with E-state index in [0.717, 1.165) is 38.2 Å². The standard InChI is InChI=1S/C25H23F3N2O/c26-25(27,28)20-12-10-19(11-13-20)22-8-4-5-9-23(22)24(31)29-21-14-15-30(17-21)16-18-6-2-1-3-7-18/h1-13,21H,14-17H2,(H,29,31). The van der Waals surface area contributed by atoms with Gasteiger partial charge in [0.05, 0.1) is 5.56 Å². The Morgan fingerprint density at radius 2 is 1.61 bits per heavy atom. The molecule has 0 aliphatic carbocycles. The van der Waals surface area contributed by atoms with E-state index in [4.69, 9.17) is 0 Å². The summed E-state index contributed by atoms with van der Waals surface area (Å²) in [7, 11) is 0. The third kappa shape index (κ3) is 5.14. The van der Waals surface area contributed by atoms with Crippen molar-refractivity contribution >= 4 is 5.91 Å². The van der Waals surface area contributed by atoms with Crippen molar-refractivity contribution in [3.63, 3.8) is 0 Å². The number of benzene rings is 3. The average molecular weight is 424 g/mol. The van der Waals surface area contributed by atoms with Crippen LogP contribution in [0.25, 0.3) is 11.1 Å². The van der Waals surface area contributed by atoms with Crippen molar-refractivity contribution in [2.24, 2.45) is 0 Å². The fraction of sp³-hybridized carbons (Fsp3) is 0.240. The highest BCUT2D eigenvalue weighted by molar-refractivity contribution is 6.01. The number of amides is 1. The molecular weight excluding hydrogens is 401 g/mol. The SMILES string of the molecule is O=C(NC1CCN(Cc2ccccc2)C1)c1ccccc1-c1ccc(C(F)(F)F)cc1. The van der Waals surface area contributed by atoms with Gasteiger partial charge in [0, 0.05) is 31.2 Å². The Labute approximate surface area is 179 Å². The summed E-state index contributed by atoms with van der Waals surface area (Å²) >= 11 is 0. The van der Waals surface area contributed by atoms with Crippen LogP contribution >= 0.6 is 0 Å². The summed E-state index contributed by atoms with van der Waals surface area (Å²) in [5, 5.41) is 3.10. The fourth-order valence-electron chi connectivity index (χ4n) is 3.97. The molecule has 3 aromatic rings. The molecular formula is C25H23F3N2O. The number of hydrogen-bond donors (Lipinski definition) is 1. The average Bonchev–Trinajstić information content (AvgIpc) is 3.20. The number of likely N-dealkylation sites (tertiary alicyclic amines) is 1. The largest absolute Gasteiger partial charge is 0.416 e. The second-order valence-corrected chi connectivity index (χ2v) is 7.80. The molecule has 3 aromatic carbocycles. The van der Waals surface area contributed by atoms with E-state index in [2.05, 4.69) is 22.3 Å². The van der Waals surface area contributed by atoms with Crippen molar-refractivity contribution in [1.82, 2.24) is 10.2 Å². The van der Waals surface area contributed by atoms with Crippen LogP contribution in [0.4, 0.5) is 13.2 Å². The Morgan fingerprint density at radius 3 is 2.32 bits per heavy atom. The van der Waals surface area contributed by atoms with Gasteiger partial charge in [-0.15, -0.1) is 0 Å². The van der Waals surface area contributed by atoms with Crippen molar-refractivity contribution in [3.05, 3.63) is 95.6 Å². The Balaban J connectivity index is 1.44. The highest BCUT2D eigenvalue weighted by Gasteiger charge is 2.30. The lowest BCUT2D eigenvalue weighted by atomic mass is 9.98. The smallest absolute Gasteiger partial charge is 0.348 e. The molecule has 4 rings (SSSR count). The second-order valence-electron chi connectivity index (χ2n) is 7.80. The van der Waals surface area contributed by atoms with Gasteiger partial charge in [0.2, 0.25) is 0 Å². The Hall–Kier alpha value is -3.12. The van der Waals surface area contributed by atoms with Crippen LogP contribution in [0.5, 0.6) is 0 Å². The van der Waals surface area contributed by atoms with Crippen LogP contribution in [0, 0.1) is 0 Å². The van der Waals surface area contributed by atoms with E-state index in [1.54, 1.807) is 24.3 Å². The third-order valence-corrected chi connectivity index (χ3v) is 5.55. The van der Waals surface area contributed by atoms with E-state index < -0.39 is 11.7 Å². The van der Waals surface area contributed by atoms with Crippen LogP contribution in [0.15, 0.2) is 78.9 Å². The van der Waals surface area contributed by atoms with E-state index in [0.29, 0.717) is 16.7 Å². The fourth-order valence-corrected chi connectivity index (χ4v) is 3.97. The number of nitrogens with one attached hydrogen (secondary N) is 1. The zero-order valence-electron chi connectivity index (χ0n) is 16.9. The quantitative estimate of drug-likeness (QED) is 0.597. The number of rotatable bonds is 5. The molecule has 1 heterocycles. The van der Waals surface area contributed by atoms with E-state index >= 15 is 0 Å². The first-order chi connectivity index (χ1) is 14.9. The maximum atomic E-state index is 13.0. The van der Waals surface area contributed by atoms with Crippen molar-refractivity contribution < 1.29 is 18.0 Å². The molecule has 160 valence electrons. The van der Waals surface area contributed by atoms with E-state index in [9.17, 15) is 18.0 Å². The molecule has 1 N–H and O–H groups in total. The lowest BCUT2D eigenvalue weighted by molar-refractivity contribution is -0.137. The summed E-state index contributed by atoms with van der Waals surface area (Å²) in [6.07, 6.45) is -3.52. The predicted octanol–water partition coefficient (Wildman–Crippen LogP) is 5.38. The van der Waals surface area contributed by atoms with Gasteiger partial charge in [-0.1, -0.05) is 60.7 Å². The summed E-state index contributed by atoms with van der Waals surface area (Å²) in [6.45, 7) is 2.51. The van der Waals surface area contributed by atoms with E-state index in [1.165, 1.54) is 17.7 Å². The number of alkyl halides is 3. The van der Waals surface area contributed by atoms with Gasteiger partial charge in [-0.25, -0.2) is 0 Å². The Bertz CT molecular complexity index is 1030. The number of nitrogens with zero attached hydrogens (tertiary/aromatic N) is 1. The minimum atomic E-state index is -4.39. The lowest BCUT2D eigenvalue weighted by Gasteiger charge is -2.18. The van der Waals surface area contributed by atoms with Gasteiger partial charge in [0.15, 0.2) is 0 Å². The normalized spacial score (nSPS) is 16.9. The zero-order chi connectivity index (χ0) is 21.8. The summed E-state index contributed by atoms with van der Waals surface area (Å²) < 4.78 is 38.6. The summed E-state index contributed by atoms with van der Waals surface area (Å²) in [5.41, 5.74) is 2.19. The minimum absolute atomic E-state index is 0.0388. The number of carbonyl (C=O) groups excluding carboxylic acids is 1. The minimum Gasteiger partial charge on any atom is -0.348 e. The van der Waals surface area contributed by atoms with Gasteiger partial charge < -0.3 is 5.32 Å². The molecule has 1 atom stereocenters. The Morgan fingerprint density at radius 1 is 0.935 bits per heavy atom. The van der Waals surface area contributed by atoms with Crippen LogP contribution < -0.4 is 5.32 Å². The molecule has 0 bridgehead atoms. The molecule has 1 fully saturated rings. The Kier molecular flexibility index (Phi) is 6.09. The molecule has 0 aromatic heterocycles. The van der Waals surface area contributed by atoms with Gasteiger partial charge in [0.25, 0.3) is 5.91 Å². The van der Waals surface area contributed by atoms with Crippen molar-refractivity contribution in [3.8, 4) is 11.1 Å². The molecule has 6 heteroatoms. The number of halogens is 3. The predicted molar refractivity (Wildman–Crippen MR) is 114 cm³/mol. The topological polar surface area (TPSA) is 32.3 Å². The highest BCUT2D eigenvalue weighted by Crippen LogP contribution is 2.32. The van der Waals surface area contributed by atoms with Crippen LogP contribution in [-0.4, -0.2) is 29.9 Å². The molecule has 1 unspecified atom stereocenters. The highest BCUT2D eigenvalue weighted by atomic mass is 19.4. The van der Waals surface area contributed by atoms with Gasteiger partial charge >= 0.3 is 6.18 Å². The summed E-state index contributed by atoms with van der Waals surface area (Å²) in [6, 6.07) is 22.2. The van der Waals surface area contributed by atoms with Crippen LogP contribution in [0.3, 0.4) is 0 Å². The van der Waals surface area contributed by atoms with E-state index in [-0.39, 0.29) is 11.9 Å². The summed E-state index contributed by atoms with van der Waals surface area (Å²) in [5.74, 6) is -0.206.